The number of nitrogens with one attached hydrogen (secondary N) is 1. The van der Waals surface area contributed by atoms with E-state index in [1.165, 1.54) is 0 Å². The highest BCUT2D eigenvalue weighted by Gasteiger charge is 2.29. The van der Waals surface area contributed by atoms with Crippen LogP contribution in [-0.2, 0) is 11.3 Å². The van der Waals surface area contributed by atoms with Crippen LogP contribution in [0.3, 0.4) is 0 Å². The van der Waals surface area contributed by atoms with Crippen molar-refractivity contribution in [2.75, 3.05) is 11.9 Å². The number of rotatable bonds is 6. The summed E-state index contributed by atoms with van der Waals surface area (Å²) in [7, 11) is 0. The van der Waals surface area contributed by atoms with Crippen LogP contribution >= 0.6 is 0 Å². The number of hydrogen-bond acceptors (Lipinski definition) is 5. The first-order valence-electron chi connectivity index (χ1n) is 8.33. The molecule has 0 bridgehead atoms. The van der Waals surface area contributed by atoms with Crippen LogP contribution in [0.4, 0.5) is 23.2 Å². The molecular weight excluding hydrogens is 394 g/mol. The molecule has 152 valence electrons. The Balaban J connectivity index is 1.68. The lowest BCUT2D eigenvalue weighted by Crippen LogP contribution is -2.22. The van der Waals surface area contributed by atoms with Gasteiger partial charge < -0.3 is 10.1 Å². The lowest BCUT2D eigenvalue weighted by atomic mass is 10.1. The first kappa shape index (κ1) is 20.2. The molecule has 1 amide bonds. The largest absolute Gasteiger partial charge is 0.482 e. The van der Waals surface area contributed by atoms with Gasteiger partial charge in [0.2, 0.25) is 11.7 Å². The first-order chi connectivity index (χ1) is 13.7. The van der Waals surface area contributed by atoms with Crippen molar-refractivity contribution in [3.63, 3.8) is 0 Å². The zero-order valence-electron chi connectivity index (χ0n) is 15.1. The maximum atomic E-state index is 13.4. The van der Waals surface area contributed by atoms with Gasteiger partial charge in [0, 0.05) is 11.6 Å². The number of aryl methyl sites for hydroxylation is 1. The molecule has 0 spiro atoms. The average molecular weight is 409 g/mol. The summed E-state index contributed by atoms with van der Waals surface area (Å²) < 4.78 is 55.1. The molecule has 0 fully saturated rings. The Kier molecular flexibility index (Phi) is 5.76. The van der Waals surface area contributed by atoms with E-state index in [1.807, 2.05) is 19.1 Å². The predicted molar refractivity (Wildman–Crippen MR) is 94.6 cm³/mol. The van der Waals surface area contributed by atoms with E-state index in [-0.39, 0.29) is 18.0 Å². The van der Waals surface area contributed by atoms with Gasteiger partial charge in [-0.25, -0.2) is 4.39 Å². The maximum Gasteiger partial charge on any atom is 0.422 e. The van der Waals surface area contributed by atoms with E-state index >= 15 is 0 Å². The van der Waals surface area contributed by atoms with Crippen LogP contribution in [0.15, 0.2) is 42.5 Å². The van der Waals surface area contributed by atoms with Crippen LogP contribution in [0.5, 0.6) is 5.75 Å². The molecule has 2 aromatic carbocycles. The van der Waals surface area contributed by atoms with Crippen molar-refractivity contribution in [2.24, 2.45) is 0 Å². The molecule has 0 radical (unpaired) electrons. The minimum atomic E-state index is -4.58. The fraction of sp³-hybridized carbons (Fsp3) is 0.222. The van der Waals surface area contributed by atoms with E-state index in [0.717, 1.165) is 28.6 Å². The molecule has 0 saturated heterocycles. The number of nitrogens with zero attached hydrogens (tertiary/aromatic N) is 4. The normalized spacial score (nSPS) is 11.3. The molecule has 0 aliphatic heterocycles. The third kappa shape index (κ3) is 5.74. The SMILES string of the molecule is Cc1ccc(-c2nnn(CC(=O)Nc3cc(F)ccc3OCC(F)(F)F)n2)cc1. The second-order valence-corrected chi connectivity index (χ2v) is 6.10. The van der Waals surface area contributed by atoms with Crippen LogP contribution in [-0.4, -0.2) is 38.9 Å². The zero-order valence-corrected chi connectivity index (χ0v) is 15.1. The summed E-state index contributed by atoms with van der Waals surface area (Å²) in [5.74, 6) is -1.46. The summed E-state index contributed by atoms with van der Waals surface area (Å²) in [4.78, 5) is 13.2. The predicted octanol–water partition coefficient (Wildman–Crippen LogP) is 3.37. The molecule has 0 aliphatic carbocycles. The summed E-state index contributed by atoms with van der Waals surface area (Å²) in [6.07, 6.45) is -4.58. The minimum absolute atomic E-state index is 0.238. The van der Waals surface area contributed by atoms with Gasteiger partial charge >= 0.3 is 6.18 Å². The third-order valence-corrected chi connectivity index (χ3v) is 3.65. The Morgan fingerprint density at radius 3 is 2.59 bits per heavy atom. The van der Waals surface area contributed by atoms with Gasteiger partial charge in [-0.05, 0) is 24.3 Å². The molecule has 3 aromatic rings. The Morgan fingerprint density at radius 2 is 1.90 bits per heavy atom. The number of tetrazole rings is 1. The highest BCUT2D eigenvalue weighted by atomic mass is 19.4. The number of amides is 1. The van der Waals surface area contributed by atoms with Crippen LogP contribution in [0.2, 0.25) is 0 Å². The summed E-state index contributed by atoms with van der Waals surface area (Å²) in [5.41, 5.74) is 1.52. The fourth-order valence-electron chi connectivity index (χ4n) is 2.33. The molecular formula is C18H15F4N5O2. The van der Waals surface area contributed by atoms with Crippen molar-refractivity contribution in [2.45, 2.75) is 19.6 Å². The second-order valence-electron chi connectivity index (χ2n) is 6.10. The maximum absolute atomic E-state index is 13.4. The van der Waals surface area contributed by atoms with Gasteiger partial charge in [0.25, 0.3) is 0 Å². The number of hydrogen-bond donors (Lipinski definition) is 1. The fourth-order valence-corrected chi connectivity index (χ4v) is 2.33. The number of carbonyl (C=O) groups is 1. The monoisotopic (exact) mass is 409 g/mol. The van der Waals surface area contributed by atoms with Crippen LogP contribution < -0.4 is 10.1 Å². The summed E-state index contributed by atoms with van der Waals surface area (Å²) in [6, 6.07) is 10.1. The summed E-state index contributed by atoms with van der Waals surface area (Å²) in [6.45, 7) is -0.0301. The van der Waals surface area contributed by atoms with Gasteiger partial charge in [0.05, 0.1) is 5.69 Å². The van der Waals surface area contributed by atoms with Gasteiger partial charge in [0.15, 0.2) is 6.61 Å². The average Bonchev–Trinajstić information content (AvgIpc) is 3.09. The van der Waals surface area contributed by atoms with Crippen LogP contribution in [0, 0.1) is 12.7 Å². The third-order valence-electron chi connectivity index (χ3n) is 3.65. The van der Waals surface area contributed by atoms with Gasteiger partial charge in [-0.1, -0.05) is 29.8 Å². The number of aromatic nitrogens is 4. The second kappa shape index (κ2) is 8.25. The van der Waals surface area contributed by atoms with Gasteiger partial charge in [0.1, 0.15) is 18.1 Å². The molecule has 1 aromatic heterocycles. The number of alkyl halides is 3. The van der Waals surface area contributed by atoms with Crippen molar-refractivity contribution >= 4 is 11.6 Å². The highest BCUT2D eigenvalue weighted by Crippen LogP contribution is 2.27. The van der Waals surface area contributed by atoms with Crippen molar-refractivity contribution < 1.29 is 27.1 Å². The number of ether oxygens (including phenoxy) is 1. The lowest BCUT2D eigenvalue weighted by molar-refractivity contribution is -0.153. The van der Waals surface area contributed by atoms with Crippen molar-refractivity contribution in [3.05, 3.63) is 53.8 Å². The number of halogens is 4. The van der Waals surface area contributed by atoms with E-state index in [9.17, 15) is 22.4 Å². The number of anilines is 1. The Labute approximate surface area is 162 Å². The molecule has 0 atom stereocenters. The Hall–Kier alpha value is -3.50. The Morgan fingerprint density at radius 1 is 1.17 bits per heavy atom. The van der Waals surface area contributed by atoms with E-state index in [4.69, 9.17) is 0 Å². The van der Waals surface area contributed by atoms with E-state index in [0.29, 0.717) is 11.4 Å². The Bertz CT molecular complexity index is 1000. The van der Waals surface area contributed by atoms with Crippen molar-refractivity contribution in [1.29, 1.82) is 0 Å². The zero-order chi connectivity index (χ0) is 21.0. The van der Waals surface area contributed by atoms with Crippen LogP contribution in [0.25, 0.3) is 11.4 Å². The molecule has 11 heteroatoms. The van der Waals surface area contributed by atoms with Crippen molar-refractivity contribution in [1.82, 2.24) is 20.2 Å². The van der Waals surface area contributed by atoms with Crippen molar-refractivity contribution in [3.8, 4) is 17.1 Å². The van der Waals surface area contributed by atoms with Gasteiger partial charge in [-0.2, -0.15) is 18.0 Å². The molecule has 0 unspecified atom stereocenters. The topological polar surface area (TPSA) is 81.9 Å². The molecule has 3 rings (SSSR count). The summed E-state index contributed by atoms with van der Waals surface area (Å²) in [5, 5.41) is 14.0. The molecule has 0 aliphatic rings. The quantitative estimate of drug-likeness (QED) is 0.632. The molecule has 1 N–H and O–H groups in total. The smallest absolute Gasteiger partial charge is 0.422 e. The van der Waals surface area contributed by atoms with Crippen LogP contribution in [0.1, 0.15) is 5.56 Å². The molecule has 7 nitrogen and oxygen atoms in total. The van der Waals surface area contributed by atoms with E-state index in [1.54, 1.807) is 12.1 Å². The van der Waals surface area contributed by atoms with E-state index < -0.39 is 24.5 Å². The lowest BCUT2D eigenvalue weighted by Gasteiger charge is -2.13. The highest BCUT2D eigenvalue weighted by molar-refractivity contribution is 5.92. The molecule has 29 heavy (non-hydrogen) atoms. The number of benzene rings is 2. The summed E-state index contributed by atoms with van der Waals surface area (Å²) >= 11 is 0. The minimum Gasteiger partial charge on any atom is -0.482 e. The van der Waals surface area contributed by atoms with Gasteiger partial charge in [-0.15, -0.1) is 10.2 Å². The standard InChI is InChI=1S/C18H15F4N5O2/c1-11-2-4-12(5-3-11)17-24-26-27(25-17)9-16(28)23-14-8-13(19)6-7-15(14)29-10-18(20,21)22/h2-8H,9-10H2,1H3,(H,23,28). The number of carbonyl (C=O) groups excluding carboxylic acids is 1. The molecule has 1 heterocycles. The first-order valence-corrected chi connectivity index (χ1v) is 8.33. The molecule has 0 saturated carbocycles. The van der Waals surface area contributed by atoms with E-state index in [2.05, 4.69) is 25.5 Å². The van der Waals surface area contributed by atoms with Gasteiger partial charge in [-0.3, -0.25) is 4.79 Å².